The summed E-state index contributed by atoms with van der Waals surface area (Å²) < 4.78 is 19.4. The number of hydrogen-bond donors (Lipinski definition) is 1. The second-order valence-corrected chi connectivity index (χ2v) is 9.73. The molecular weight excluding hydrogens is 426 g/mol. The molecule has 1 aromatic carbocycles. The van der Waals surface area contributed by atoms with Crippen LogP contribution in [0.15, 0.2) is 23.4 Å². The number of thioether (sulfide) groups is 1. The Labute approximate surface area is 194 Å². The molecule has 3 heterocycles. The lowest BCUT2D eigenvalue weighted by molar-refractivity contribution is -0.119. The van der Waals surface area contributed by atoms with Gasteiger partial charge in [-0.2, -0.15) is 0 Å². The normalized spacial score (nSPS) is 18.7. The number of fused-ring (bicyclic) bond motifs is 1. The fraction of sp³-hybridized carbons (Fsp3) is 0.583. The molecular formula is C24H33N3O4S. The Bertz CT molecular complexity index is 953. The van der Waals surface area contributed by atoms with Crippen LogP contribution >= 0.6 is 11.8 Å². The predicted molar refractivity (Wildman–Crippen MR) is 125 cm³/mol. The lowest BCUT2D eigenvalue weighted by Gasteiger charge is -2.25. The Morgan fingerprint density at radius 2 is 2.00 bits per heavy atom. The van der Waals surface area contributed by atoms with E-state index in [1.807, 2.05) is 25.1 Å². The maximum Gasteiger partial charge on any atom is 0.230 e. The first-order valence-electron chi connectivity index (χ1n) is 11.4. The number of aryl methyl sites for hydroxylation is 1. The molecule has 2 aliphatic heterocycles. The Morgan fingerprint density at radius 3 is 2.72 bits per heavy atom. The molecule has 8 heteroatoms. The van der Waals surface area contributed by atoms with Crippen LogP contribution in [0.4, 0.5) is 0 Å². The highest BCUT2D eigenvalue weighted by atomic mass is 32.2. The van der Waals surface area contributed by atoms with E-state index in [1.165, 1.54) is 11.8 Å². The van der Waals surface area contributed by atoms with Gasteiger partial charge >= 0.3 is 0 Å². The maximum atomic E-state index is 12.9. The third-order valence-electron chi connectivity index (χ3n) is 6.07. The summed E-state index contributed by atoms with van der Waals surface area (Å²) >= 11 is 1.48. The highest BCUT2D eigenvalue weighted by molar-refractivity contribution is 7.99. The molecule has 0 bridgehead atoms. The number of ether oxygens (including phenoxy) is 3. The SMILES string of the molecule is Cc1nc(SCC(=O)NC(c2ccc3c(c2)OCCO3)C(C)C)n(CC2CCCO2)c1C. The van der Waals surface area contributed by atoms with Crippen LogP contribution in [-0.2, 0) is 16.1 Å². The number of amides is 1. The van der Waals surface area contributed by atoms with E-state index < -0.39 is 0 Å². The number of hydrogen-bond acceptors (Lipinski definition) is 6. The van der Waals surface area contributed by atoms with Gasteiger partial charge in [0.15, 0.2) is 16.7 Å². The monoisotopic (exact) mass is 459 g/mol. The molecule has 32 heavy (non-hydrogen) atoms. The van der Waals surface area contributed by atoms with Gasteiger partial charge in [-0.05, 0) is 50.3 Å². The van der Waals surface area contributed by atoms with Crippen molar-refractivity contribution in [2.24, 2.45) is 5.92 Å². The zero-order valence-corrected chi connectivity index (χ0v) is 20.2. The van der Waals surface area contributed by atoms with Crippen molar-refractivity contribution in [2.45, 2.75) is 64.4 Å². The van der Waals surface area contributed by atoms with Crippen molar-refractivity contribution in [1.82, 2.24) is 14.9 Å². The lowest BCUT2D eigenvalue weighted by atomic mass is 9.95. The molecule has 174 valence electrons. The van der Waals surface area contributed by atoms with Crippen molar-refractivity contribution < 1.29 is 19.0 Å². The van der Waals surface area contributed by atoms with E-state index in [4.69, 9.17) is 19.2 Å². The molecule has 2 aliphatic rings. The summed E-state index contributed by atoms with van der Waals surface area (Å²) in [5.74, 6) is 2.04. The number of nitrogens with one attached hydrogen (secondary N) is 1. The molecule has 7 nitrogen and oxygen atoms in total. The van der Waals surface area contributed by atoms with Crippen LogP contribution in [0.25, 0.3) is 0 Å². The van der Waals surface area contributed by atoms with E-state index in [1.54, 1.807) is 0 Å². The molecule has 0 saturated carbocycles. The fourth-order valence-corrected chi connectivity index (χ4v) is 5.09. The van der Waals surface area contributed by atoms with Gasteiger partial charge in [0.1, 0.15) is 13.2 Å². The van der Waals surface area contributed by atoms with Crippen molar-refractivity contribution in [2.75, 3.05) is 25.6 Å². The van der Waals surface area contributed by atoms with Gasteiger partial charge in [0.25, 0.3) is 0 Å². The highest BCUT2D eigenvalue weighted by Gasteiger charge is 2.23. The van der Waals surface area contributed by atoms with Crippen LogP contribution in [0.5, 0.6) is 11.5 Å². The number of aromatic nitrogens is 2. The molecule has 0 spiro atoms. The average molecular weight is 460 g/mol. The van der Waals surface area contributed by atoms with Crippen LogP contribution in [0.1, 0.15) is 49.7 Å². The molecule has 1 amide bonds. The Hall–Kier alpha value is -2.19. The van der Waals surface area contributed by atoms with Gasteiger partial charge in [-0.1, -0.05) is 31.7 Å². The number of rotatable bonds is 8. The molecule has 2 aromatic rings. The average Bonchev–Trinajstić information content (AvgIpc) is 3.39. The van der Waals surface area contributed by atoms with E-state index in [-0.39, 0.29) is 24.0 Å². The third kappa shape index (κ3) is 5.23. The smallest absolute Gasteiger partial charge is 0.230 e. The standard InChI is InChI=1S/C24H33N3O4S/c1-15(2)23(18-7-8-20-21(12-18)31-11-10-30-20)26-22(28)14-32-24-25-16(3)17(4)27(24)13-19-6-5-9-29-19/h7-8,12,15,19,23H,5-6,9-11,13-14H2,1-4H3,(H,26,28). The number of carbonyl (C=O) groups is 1. The summed E-state index contributed by atoms with van der Waals surface area (Å²) in [4.78, 5) is 17.6. The summed E-state index contributed by atoms with van der Waals surface area (Å²) in [6.45, 7) is 11.0. The predicted octanol–water partition coefficient (Wildman–Crippen LogP) is 4.06. The van der Waals surface area contributed by atoms with Crippen LogP contribution in [0.3, 0.4) is 0 Å². The molecule has 1 N–H and O–H groups in total. The van der Waals surface area contributed by atoms with Crippen molar-refractivity contribution in [3.05, 3.63) is 35.2 Å². The zero-order valence-electron chi connectivity index (χ0n) is 19.3. The van der Waals surface area contributed by atoms with Gasteiger partial charge < -0.3 is 24.1 Å². The first-order chi connectivity index (χ1) is 15.4. The largest absolute Gasteiger partial charge is 0.486 e. The molecule has 0 aliphatic carbocycles. The summed E-state index contributed by atoms with van der Waals surface area (Å²) in [6, 6.07) is 5.81. The van der Waals surface area contributed by atoms with Gasteiger partial charge in [0, 0.05) is 12.3 Å². The molecule has 1 saturated heterocycles. The van der Waals surface area contributed by atoms with E-state index in [0.717, 1.165) is 59.6 Å². The van der Waals surface area contributed by atoms with Gasteiger partial charge in [-0.15, -0.1) is 0 Å². The minimum absolute atomic E-state index is 0.00874. The summed E-state index contributed by atoms with van der Waals surface area (Å²) in [5, 5.41) is 4.09. The summed E-state index contributed by atoms with van der Waals surface area (Å²) in [6.07, 6.45) is 2.42. The molecule has 2 atom stereocenters. The topological polar surface area (TPSA) is 74.6 Å². The van der Waals surface area contributed by atoms with Gasteiger partial charge in [-0.3, -0.25) is 4.79 Å². The Morgan fingerprint density at radius 1 is 1.22 bits per heavy atom. The number of imidazole rings is 1. The van der Waals surface area contributed by atoms with Crippen molar-refractivity contribution >= 4 is 17.7 Å². The van der Waals surface area contributed by atoms with E-state index >= 15 is 0 Å². The molecule has 2 unspecified atom stereocenters. The minimum Gasteiger partial charge on any atom is -0.486 e. The summed E-state index contributed by atoms with van der Waals surface area (Å²) in [5.41, 5.74) is 3.16. The number of nitrogens with zero attached hydrogens (tertiary/aromatic N) is 2. The van der Waals surface area contributed by atoms with Gasteiger partial charge in [-0.25, -0.2) is 4.98 Å². The van der Waals surface area contributed by atoms with E-state index in [9.17, 15) is 4.79 Å². The van der Waals surface area contributed by atoms with Crippen LogP contribution in [-0.4, -0.2) is 47.1 Å². The fourth-order valence-electron chi connectivity index (χ4n) is 4.17. The Balaban J connectivity index is 1.41. The van der Waals surface area contributed by atoms with E-state index in [2.05, 4.69) is 30.7 Å². The molecule has 1 fully saturated rings. The van der Waals surface area contributed by atoms with Crippen LogP contribution in [0.2, 0.25) is 0 Å². The highest BCUT2D eigenvalue weighted by Crippen LogP contribution is 2.34. The number of benzene rings is 1. The Kier molecular flexibility index (Phi) is 7.30. The second-order valence-electron chi connectivity index (χ2n) is 8.79. The van der Waals surface area contributed by atoms with Crippen LogP contribution in [0, 0.1) is 19.8 Å². The van der Waals surface area contributed by atoms with Gasteiger partial charge in [0.05, 0.1) is 30.1 Å². The first kappa shape index (κ1) is 23.0. The van der Waals surface area contributed by atoms with Crippen molar-refractivity contribution in [3.63, 3.8) is 0 Å². The zero-order chi connectivity index (χ0) is 22.7. The third-order valence-corrected chi connectivity index (χ3v) is 7.05. The van der Waals surface area contributed by atoms with Gasteiger partial charge in [0.2, 0.25) is 5.91 Å². The minimum atomic E-state index is -0.103. The number of carbonyl (C=O) groups excluding carboxylic acids is 1. The molecule has 4 rings (SSSR count). The quantitative estimate of drug-likeness (QED) is 0.600. The lowest BCUT2D eigenvalue weighted by Crippen LogP contribution is -2.33. The van der Waals surface area contributed by atoms with Crippen molar-refractivity contribution in [1.29, 1.82) is 0 Å². The van der Waals surface area contributed by atoms with Crippen LogP contribution < -0.4 is 14.8 Å². The molecule has 1 aromatic heterocycles. The maximum absolute atomic E-state index is 12.9. The summed E-state index contributed by atoms with van der Waals surface area (Å²) in [7, 11) is 0. The molecule has 0 radical (unpaired) electrons. The van der Waals surface area contributed by atoms with E-state index in [0.29, 0.717) is 19.0 Å². The second kappa shape index (κ2) is 10.2. The first-order valence-corrected chi connectivity index (χ1v) is 12.4. The van der Waals surface area contributed by atoms with Crippen molar-refractivity contribution in [3.8, 4) is 11.5 Å².